The molecule has 2 aromatic carbocycles. The fourth-order valence-electron chi connectivity index (χ4n) is 2.39. The summed E-state index contributed by atoms with van der Waals surface area (Å²) in [5.74, 6) is 0.423. The monoisotopic (exact) mass is 482 g/mol. The summed E-state index contributed by atoms with van der Waals surface area (Å²) in [5, 5.41) is 12.3. The molecule has 0 spiro atoms. The fourth-order valence-corrected chi connectivity index (χ4v) is 5.37. The fraction of sp³-hybridized carbons (Fsp3) is 0.211. The maximum absolute atomic E-state index is 12.5. The summed E-state index contributed by atoms with van der Waals surface area (Å²) >= 11 is 9.01. The number of carbonyl (C=O) groups is 1. The standard InChI is InChI=1S/C19H19ClN4O3S3/c1-24(2)30(26,27)15-8-5-7-13(10-15)17(25)11-21-18-22-23-19(29-18)28-12-14-6-3-4-9-16(14)20/h3-10H,11-12H2,1-2H3,(H,21,22). The number of anilines is 1. The molecular weight excluding hydrogens is 464 g/mol. The Balaban J connectivity index is 1.59. The van der Waals surface area contributed by atoms with E-state index in [-0.39, 0.29) is 17.2 Å². The number of rotatable bonds is 9. The van der Waals surface area contributed by atoms with E-state index in [4.69, 9.17) is 11.6 Å². The molecule has 0 amide bonds. The first-order valence-corrected chi connectivity index (χ1v) is 12.4. The Kier molecular flexibility index (Phi) is 7.48. The van der Waals surface area contributed by atoms with Crippen LogP contribution in [0.3, 0.4) is 0 Å². The second-order valence-corrected chi connectivity index (χ2v) is 11.1. The first-order valence-electron chi connectivity index (χ1n) is 8.77. The number of Topliss-reactive ketones (excluding diaryl/α,β-unsaturated/α-hetero) is 1. The highest BCUT2D eigenvalue weighted by Gasteiger charge is 2.19. The van der Waals surface area contributed by atoms with E-state index < -0.39 is 10.0 Å². The average Bonchev–Trinajstić information content (AvgIpc) is 3.19. The number of ketones is 1. The van der Waals surface area contributed by atoms with Crippen LogP contribution in [0, 0.1) is 0 Å². The predicted octanol–water partition coefficient (Wildman–Crippen LogP) is 4.03. The maximum Gasteiger partial charge on any atom is 0.242 e. The van der Waals surface area contributed by atoms with Crippen molar-refractivity contribution in [1.82, 2.24) is 14.5 Å². The van der Waals surface area contributed by atoms with Crippen LogP contribution in [-0.4, -0.2) is 49.3 Å². The van der Waals surface area contributed by atoms with Gasteiger partial charge in [-0.2, -0.15) is 0 Å². The minimum atomic E-state index is -3.60. The van der Waals surface area contributed by atoms with Crippen molar-refractivity contribution in [2.24, 2.45) is 0 Å². The second kappa shape index (κ2) is 9.88. The molecule has 0 aliphatic heterocycles. The van der Waals surface area contributed by atoms with Crippen molar-refractivity contribution in [2.75, 3.05) is 26.0 Å². The van der Waals surface area contributed by atoms with Crippen LogP contribution in [0.15, 0.2) is 57.8 Å². The van der Waals surface area contributed by atoms with E-state index in [2.05, 4.69) is 15.5 Å². The van der Waals surface area contributed by atoms with E-state index in [1.807, 2.05) is 24.3 Å². The molecule has 1 N–H and O–H groups in total. The number of thioether (sulfide) groups is 1. The lowest BCUT2D eigenvalue weighted by Gasteiger charge is -2.12. The minimum Gasteiger partial charge on any atom is -0.353 e. The Labute approximate surface area is 188 Å². The summed E-state index contributed by atoms with van der Waals surface area (Å²) in [7, 11) is -0.708. The number of aromatic nitrogens is 2. The lowest BCUT2D eigenvalue weighted by Crippen LogP contribution is -2.22. The van der Waals surface area contributed by atoms with Crippen LogP contribution in [0.2, 0.25) is 5.02 Å². The first-order chi connectivity index (χ1) is 14.3. The molecule has 0 bridgehead atoms. The van der Waals surface area contributed by atoms with Gasteiger partial charge in [0.15, 0.2) is 10.1 Å². The van der Waals surface area contributed by atoms with Gasteiger partial charge in [0, 0.05) is 30.4 Å². The molecule has 0 saturated carbocycles. The van der Waals surface area contributed by atoms with Gasteiger partial charge in [-0.05, 0) is 23.8 Å². The number of sulfonamides is 1. The number of hydrogen-bond donors (Lipinski definition) is 1. The molecule has 11 heteroatoms. The third-order valence-electron chi connectivity index (χ3n) is 4.05. The van der Waals surface area contributed by atoms with E-state index in [9.17, 15) is 13.2 Å². The topological polar surface area (TPSA) is 92.3 Å². The number of carbonyl (C=O) groups excluding carboxylic acids is 1. The Hall–Kier alpha value is -1.98. The molecule has 0 atom stereocenters. The van der Waals surface area contributed by atoms with Crippen molar-refractivity contribution in [3.8, 4) is 0 Å². The van der Waals surface area contributed by atoms with Crippen molar-refractivity contribution in [2.45, 2.75) is 15.0 Å². The van der Waals surface area contributed by atoms with Gasteiger partial charge in [0.2, 0.25) is 15.2 Å². The lowest BCUT2D eigenvalue weighted by molar-refractivity contribution is 0.101. The van der Waals surface area contributed by atoms with Crippen LogP contribution in [0.5, 0.6) is 0 Å². The minimum absolute atomic E-state index is 0.0186. The summed E-state index contributed by atoms with van der Waals surface area (Å²) in [6.45, 7) is -0.0186. The molecule has 7 nitrogen and oxygen atoms in total. The van der Waals surface area contributed by atoms with E-state index >= 15 is 0 Å². The second-order valence-electron chi connectivity index (χ2n) is 6.35. The number of nitrogens with one attached hydrogen (secondary N) is 1. The zero-order valence-electron chi connectivity index (χ0n) is 16.2. The summed E-state index contributed by atoms with van der Waals surface area (Å²) in [6.07, 6.45) is 0. The molecule has 0 unspecified atom stereocenters. The van der Waals surface area contributed by atoms with Crippen LogP contribution in [0.1, 0.15) is 15.9 Å². The predicted molar refractivity (Wildman–Crippen MR) is 121 cm³/mol. The van der Waals surface area contributed by atoms with E-state index in [1.54, 1.807) is 12.1 Å². The largest absolute Gasteiger partial charge is 0.353 e. The van der Waals surface area contributed by atoms with E-state index in [0.717, 1.165) is 14.2 Å². The van der Waals surface area contributed by atoms with Crippen molar-refractivity contribution in [1.29, 1.82) is 0 Å². The van der Waals surface area contributed by atoms with Gasteiger partial charge >= 0.3 is 0 Å². The number of hydrogen-bond acceptors (Lipinski definition) is 8. The molecular formula is C19H19ClN4O3S3. The Morgan fingerprint density at radius 2 is 1.93 bits per heavy atom. The quantitative estimate of drug-likeness (QED) is 0.363. The zero-order chi connectivity index (χ0) is 21.7. The lowest BCUT2D eigenvalue weighted by atomic mass is 10.1. The third-order valence-corrected chi connectivity index (χ3v) is 8.29. The summed E-state index contributed by atoms with van der Waals surface area (Å²) in [5.41, 5.74) is 1.32. The molecule has 3 aromatic rings. The molecule has 30 heavy (non-hydrogen) atoms. The van der Waals surface area contributed by atoms with Crippen molar-refractivity contribution < 1.29 is 13.2 Å². The van der Waals surface area contributed by atoms with E-state index in [1.165, 1.54) is 49.3 Å². The van der Waals surface area contributed by atoms with Gasteiger partial charge in [-0.3, -0.25) is 4.79 Å². The highest BCUT2D eigenvalue weighted by atomic mass is 35.5. The third kappa shape index (κ3) is 5.58. The highest BCUT2D eigenvalue weighted by Crippen LogP contribution is 2.30. The first kappa shape index (κ1) is 22.7. The number of benzene rings is 2. The Morgan fingerprint density at radius 3 is 2.67 bits per heavy atom. The summed E-state index contributed by atoms with van der Waals surface area (Å²) in [4.78, 5) is 12.6. The molecule has 1 heterocycles. The summed E-state index contributed by atoms with van der Waals surface area (Å²) in [6, 6.07) is 13.6. The van der Waals surface area contributed by atoms with Crippen LogP contribution < -0.4 is 5.32 Å². The van der Waals surface area contributed by atoms with Gasteiger partial charge in [-0.15, -0.1) is 10.2 Å². The number of halogens is 1. The Bertz CT molecular complexity index is 1150. The summed E-state index contributed by atoms with van der Waals surface area (Å²) < 4.78 is 26.4. The van der Waals surface area contributed by atoms with Crippen LogP contribution in [-0.2, 0) is 15.8 Å². The highest BCUT2D eigenvalue weighted by molar-refractivity contribution is 8.00. The average molecular weight is 483 g/mol. The number of nitrogens with zero attached hydrogens (tertiary/aromatic N) is 3. The molecule has 158 valence electrons. The van der Waals surface area contributed by atoms with Gasteiger partial charge in [0.25, 0.3) is 0 Å². The van der Waals surface area contributed by atoms with Crippen LogP contribution in [0.4, 0.5) is 5.13 Å². The molecule has 0 radical (unpaired) electrons. The van der Waals surface area contributed by atoms with Crippen molar-refractivity contribution in [3.05, 3.63) is 64.7 Å². The molecule has 0 saturated heterocycles. The van der Waals surface area contributed by atoms with Gasteiger partial charge in [-0.1, -0.05) is 65.0 Å². The Morgan fingerprint density at radius 1 is 1.17 bits per heavy atom. The van der Waals surface area contributed by atoms with E-state index in [0.29, 0.717) is 21.5 Å². The van der Waals surface area contributed by atoms with Gasteiger partial charge < -0.3 is 5.32 Å². The molecule has 0 aliphatic carbocycles. The van der Waals surface area contributed by atoms with Gasteiger partial charge in [0.1, 0.15) is 0 Å². The van der Waals surface area contributed by atoms with Gasteiger partial charge in [0.05, 0.1) is 11.4 Å². The maximum atomic E-state index is 12.5. The van der Waals surface area contributed by atoms with Crippen molar-refractivity contribution >= 4 is 55.6 Å². The molecule has 0 aliphatic rings. The molecule has 3 rings (SSSR count). The SMILES string of the molecule is CN(C)S(=O)(=O)c1cccc(C(=O)CNc2nnc(SCc3ccccc3Cl)s2)c1. The molecule has 0 fully saturated rings. The normalized spacial score (nSPS) is 11.6. The molecule has 1 aromatic heterocycles. The van der Waals surface area contributed by atoms with Crippen LogP contribution in [0.25, 0.3) is 0 Å². The smallest absolute Gasteiger partial charge is 0.242 e. The van der Waals surface area contributed by atoms with Gasteiger partial charge in [-0.25, -0.2) is 12.7 Å². The van der Waals surface area contributed by atoms with Crippen molar-refractivity contribution in [3.63, 3.8) is 0 Å². The zero-order valence-corrected chi connectivity index (χ0v) is 19.4. The van der Waals surface area contributed by atoms with Crippen LogP contribution >= 0.6 is 34.7 Å².